The molecule has 0 bridgehead atoms. The van der Waals surface area contributed by atoms with Crippen LogP contribution >= 0.6 is 34.4 Å². The zero-order valence-electron chi connectivity index (χ0n) is 23.7. The van der Waals surface area contributed by atoms with Crippen molar-refractivity contribution in [3.8, 4) is 22.7 Å². The van der Waals surface area contributed by atoms with Gasteiger partial charge in [-0.05, 0) is 43.8 Å². The number of halogens is 3. The van der Waals surface area contributed by atoms with Crippen LogP contribution in [0.15, 0.2) is 28.6 Å². The second kappa shape index (κ2) is 17.9. The van der Waals surface area contributed by atoms with Gasteiger partial charge in [-0.15, -0.1) is 22.7 Å². The summed E-state index contributed by atoms with van der Waals surface area (Å²) >= 11 is 2.73. The van der Waals surface area contributed by atoms with Crippen molar-refractivity contribution in [2.24, 2.45) is 0 Å². The van der Waals surface area contributed by atoms with Crippen molar-refractivity contribution < 1.29 is 37.4 Å². The smallest absolute Gasteiger partial charge is 0.417 e. The standard InChI is InChI=1S/C22H15F3N4O3S3.C3H7NO.C2H6O/c1-3-32-21(31)18-11(2)12(8-26)20(35-18)29-17(30)10-34-19-13(9-27)14(22(23,24)25)7-15(28-19)16-5-4-6-33-16;1-4(2)3-5;1-2-3/h4-7H,3,10H2,1-2H3,(H,29,30);3H,1-2H3;3H,2H2,1H3. The number of aliphatic hydroxyl groups is 1. The first-order valence-corrected chi connectivity index (χ1v) is 14.9. The summed E-state index contributed by atoms with van der Waals surface area (Å²) in [6.45, 7) is 5.24. The van der Waals surface area contributed by atoms with Crippen LogP contribution < -0.4 is 5.32 Å². The van der Waals surface area contributed by atoms with Gasteiger partial charge in [-0.3, -0.25) is 9.59 Å². The Balaban J connectivity index is 0.00000103. The lowest BCUT2D eigenvalue weighted by Gasteiger charge is -2.13. The van der Waals surface area contributed by atoms with Gasteiger partial charge in [0.25, 0.3) is 0 Å². The number of pyridine rings is 1. The van der Waals surface area contributed by atoms with Crippen molar-refractivity contribution in [3.05, 3.63) is 50.7 Å². The summed E-state index contributed by atoms with van der Waals surface area (Å²) in [5.74, 6) is -1.66. The first-order valence-electron chi connectivity index (χ1n) is 12.2. The highest BCUT2D eigenvalue weighted by atomic mass is 32.2. The maximum atomic E-state index is 13.6. The van der Waals surface area contributed by atoms with Gasteiger partial charge in [0.2, 0.25) is 12.3 Å². The van der Waals surface area contributed by atoms with Gasteiger partial charge >= 0.3 is 12.1 Å². The number of aromatic nitrogens is 1. The quantitative estimate of drug-likeness (QED) is 0.180. The Morgan fingerprint density at radius 3 is 2.30 bits per heavy atom. The third kappa shape index (κ3) is 11.0. The minimum atomic E-state index is -4.79. The molecular weight excluding hydrogens is 628 g/mol. The Morgan fingerprint density at radius 1 is 1.23 bits per heavy atom. The van der Waals surface area contributed by atoms with Gasteiger partial charge in [0.05, 0.1) is 39.6 Å². The molecule has 10 nitrogen and oxygen atoms in total. The lowest BCUT2D eigenvalue weighted by molar-refractivity contribution is -0.138. The number of carbonyl (C=O) groups excluding carboxylic acids is 3. The fourth-order valence-corrected chi connectivity index (χ4v) is 5.49. The molecule has 230 valence electrons. The van der Waals surface area contributed by atoms with Crippen LogP contribution in [0.5, 0.6) is 0 Å². The number of aliphatic hydroxyl groups excluding tert-OH is 1. The van der Waals surface area contributed by atoms with E-state index >= 15 is 0 Å². The Labute approximate surface area is 258 Å². The first kappa shape index (κ1) is 37.1. The van der Waals surface area contributed by atoms with Crippen LogP contribution in [-0.2, 0) is 20.5 Å². The highest BCUT2D eigenvalue weighted by Gasteiger charge is 2.36. The van der Waals surface area contributed by atoms with Gasteiger partial charge < -0.3 is 20.1 Å². The third-order valence-corrected chi connectivity index (χ3v) is 7.76. The zero-order chi connectivity index (χ0) is 32.7. The molecular formula is C27H28F3N5O5S3. The van der Waals surface area contributed by atoms with Gasteiger partial charge in [-0.25, -0.2) is 9.78 Å². The van der Waals surface area contributed by atoms with Gasteiger partial charge in [-0.1, -0.05) is 17.8 Å². The van der Waals surface area contributed by atoms with Gasteiger partial charge in [0.1, 0.15) is 27.0 Å². The van der Waals surface area contributed by atoms with Crippen molar-refractivity contribution in [1.82, 2.24) is 9.88 Å². The third-order valence-electron chi connectivity index (χ3n) is 4.70. The molecule has 2 amide bonds. The van der Waals surface area contributed by atoms with E-state index in [1.807, 2.05) is 6.07 Å². The van der Waals surface area contributed by atoms with E-state index < -0.39 is 29.2 Å². The van der Waals surface area contributed by atoms with E-state index in [4.69, 9.17) is 9.84 Å². The molecule has 0 aromatic carbocycles. The van der Waals surface area contributed by atoms with Crippen molar-refractivity contribution in [2.45, 2.75) is 32.0 Å². The predicted octanol–water partition coefficient (Wildman–Crippen LogP) is 5.55. The number of ether oxygens (including phenoxy) is 1. The maximum Gasteiger partial charge on any atom is 0.417 e. The molecule has 3 heterocycles. The molecule has 3 rings (SSSR count). The number of esters is 1. The average Bonchev–Trinajstić information content (AvgIpc) is 3.60. The van der Waals surface area contributed by atoms with Gasteiger partial charge in [0.15, 0.2) is 0 Å². The number of anilines is 1. The molecule has 16 heteroatoms. The monoisotopic (exact) mass is 655 g/mol. The number of nitriles is 2. The second-order valence-electron chi connectivity index (χ2n) is 8.14. The number of thioether (sulfide) groups is 1. The highest BCUT2D eigenvalue weighted by Crippen LogP contribution is 2.39. The van der Waals surface area contributed by atoms with Crippen LogP contribution in [-0.4, -0.2) is 66.3 Å². The summed E-state index contributed by atoms with van der Waals surface area (Å²) in [6, 6.07) is 7.55. The lowest BCUT2D eigenvalue weighted by atomic mass is 10.1. The molecule has 0 aliphatic carbocycles. The van der Waals surface area contributed by atoms with E-state index in [9.17, 15) is 38.1 Å². The normalized spacial score (nSPS) is 10.1. The fraction of sp³-hybridized carbons (Fsp3) is 0.333. The van der Waals surface area contributed by atoms with Crippen LogP contribution in [0.25, 0.3) is 10.6 Å². The SMILES string of the molecule is CCO.CCOC(=O)c1sc(NC(=O)CSc2nc(-c3cccs3)cc(C(F)(F)F)c2C#N)c(C#N)c1C.CN(C)C=O. The number of hydrogen-bond acceptors (Lipinski definition) is 11. The zero-order valence-corrected chi connectivity index (χ0v) is 26.2. The molecule has 0 saturated heterocycles. The average molecular weight is 656 g/mol. The van der Waals surface area contributed by atoms with E-state index in [1.165, 1.54) is 16.2 Å². The number of amides is 2. The number of carbonyl (C=O) groups is 3. The summed E-state index contributed by atoms with van der Waals surface area (Å²) in [7, 11) is 3.38. The summed E-state index contributed by atoms with van der Waals surface area (Å²) in [5, 5.41) is 30.5. The molecule has 0 spiro atoms. The minimum Gasteiger partial charge on any atom is -0.462 e. The van der Waals surface area contributed by atoms with Crippen LogP contribution in [0.2, 0.25) is 0 Å². The van der Waals surface area contributed by atoms with Gasteiger partial charge in [0, 0.05) is 20.7 Å². The number of nitrogens with zero attached hydrogens (tertiary/aromatic N) is 4. The fourth-order valence-electron chi connectivity index (χ4n) is 2.93. The van der Waals surface area contributed by atoms with Crippen molar-refractivity contribution in [3.63, 3.8) is 0 Å². The second-order valence-corrected chi connectivity index (χ2v) is 11.1. The molecule has 3 aromatic rings. The molecule has 3 aromatic heterocycles. The molecule has 0 atom stereocenters. The molecule has 43 heavy (non-hydrogen) atoms. The van der Waals surface area contributed by atoms with E-state index in [0.717, 1.165) is 23.8 Å². The van der Waals surface area contributed by atoms with Crippen LogP contribution in [0.4, 0.5) is 18.2 Å². The predicted molar refractivity (Wildman–Crippen MR) is 159 cm³/mol. The number of thiophene rings is 2. The summed E-state index contributed by atoms with van der Waals surface area (Å²) < 4.78 is 45.9. The first-order chi connectivity index (χ1) is 20.3. The van der Waals surface area contributed by atoms with E-state index in [0.29, 0.717) is 22.2 Å². The van der Waals surface area contributed by atoms with E-state index in [2.05, 4.69) is 10.3 Å². The van der Waals surface area contributed by atoms with E-state index in [-0.39, 0.29) is 45.1 Å². The number of nitrogens with one attached hydrogen (secondary N) is 1. The number of alkyl halides is 3. The molecule has 0 fully saturated rings. The summed E-state index contributed by atoms with van der Waals surface area (Å²) in [6.07, 6.45) is -4.04. The number of rotatable bonds is 8. The van der Waals surface area contributed by atoms with Crippen LogP contribution in [0.1, 0.15) is 45.8 Å². The molecule has 0 saturated carbocycles. The van der Waals surface area contributed by atoms with Crippen molar-refractivity contribution in [1.29, 1.82) is 10.5 Å². The van der Waals surface area contributed by atoms with Crippen LogP contribution in [0.3, 0.4) is 0 Å². The Morgan fingerprint density at radius 2 is 1.84 bits per heavy atom. The van der Waals surface area contributed by atoms with Crippen molar-refractivity contribution in [2.75, 3.05) is 38.4 Å². The molecule has 0 unspecified atom stereocenters. The summed E-state index contributed by atoms with van der Waals surface area (Å²) in [5.41, 5.74) is -1.34. The van der Waals surface area contributed by atoms with Crippen LogP contribution in [0, 0.1) is 29.6 Å². The maximum absolute atomic E-state index is 13.6. The Kier molecular flexibility index (Phi) is 15.4. The molecule has 0 aliphatic heterocycles. The largest absolute Gasteiger partial charge is 0.462 e. The Hall–Kier alpha value is -3.96. The Bertz CT molecular complexity index is 1480. The van der Waals surface area contributed by atoms with E-state index in [1.54, 1.807) is 58.4 Å². The lowest BCUT2D eigenvalue weighted by Crippen LogP contribution is -2.15. The topological polar surface area (TPSA) is 156 Å². The highest BCUT2D eigenvalue weighted by molar-refractivity contribution is 8.00. The molecule has 2 N–H and O–H groups in total. The summed E-state index contributed by atoms with van der Waals surface area (Å²) in [4.78, 5) is 40.4. The minimum absolute atomic E-state index is 0.0361. The molecule has 0 radical (unpaired) electrons. The molecule has 0 aliphatic rings. The van der Waals surface area contributed by atoms with Crippen molar-refractivity contribution >= 4 is 57.7 Å². The van der Waals surface area contributed by atoms with Gasteiger partial charge in [-0.2, -0.15) is 23.7 Å². The number of hydrogen-bond donors (Lipinski definition) is 2.